The fourth-order valence-corrected chi connectivity index (χ4v) is 2.19. The number of imidazole rings is 1. The van der Waals surface area contributed by atoms with Crippen LogP contribution in [0.1, 0.15) is 26.7 Å². The molecular weight excluding hydrogens is 295 g/mol. The molecule has 2 rings (SSSR count). The zero-order valence-corrected chi connectivity index (χ0v) is 12.7. The summed E-state index contributed by atoms with van der Waals surface area (Å²) >= 11 is 5.78. The topological polar surface area (TPSA) is 72.9 Å². The van der Waals surface area contributed by atoms with Crippen molar-refractivity contribution in [2.24, 2.45) is 0 Å². The summed E-state index contributed by atoms with van der Waals surface area (Å²) in [4.78, 5) is 15.9. The van der Waals surface area contributed by atoms with Crippen LogP contribution in [0.3, 0.4) is 0 Å². The van der Waals surface area contributed by atoms with Crippen molar-refractivity contribution in [3.8, 4) is 0 Å². The number of halogens is 2. The van der Waals surface area contributed by atoms with Crippen LogP contribution in [0.5, 0.6) is 0 Å². The quantitative estimate of drug-likeness (QED) is 0.891. The van der Waals surface area contributed by atoms with Crippen LogP contribution in [0.15, 0.2) is 12.1 Å². The summed E-state index contributed by atoms with van der Waals surface area (Å²) in [6.07, 6.45) is 1.14. The van der Waals surface area contributed by atoms with Gasteiger partial charge in [0.05, 0.1) is 16.1 Å². The fourth-order valence-electron chi connectivity index (χ4n) is 2.04. The minimum Gasteiger partial charge on any atom is -0.369 e. The molecular formula is C14H18ClFN4O. The lowest BCUT2D eigenvalue weighted by molar-refractivity contribution is -0.121. The van der Waals surface area contributed by atoms with Crippen LogP contribution in [-0.2, 0) is 11.3 Å². The van der Waals surface area contributed by atoms with Crippen LogP contribution in [0.4, 0.5) is 10.3 Å². The van der Waals surface area contributed by atoms with Gasteiger partial charge in [-0.05, 0) is 19.4 Å². The Kier molecular flexibility index (Phi) is 4.67. The molecule has 7 heteroatoms. The van der Waals surface area contributed by atoms with Gasteiger partial charge >= 0.3 is 0 Å². The molecule has 0 saturated carbocycles. The molecule has 0 spiro atoms. The number of benzene rings is 1. The van der Waals surface area contributed by atoms with Gasteiger partial charge in [0.1, 0.15) is 5.82 Å². The van der Waals surface area contributed by atoms with E-state index in [9.17, 15) is 9.18 Å². The van der Waals surface area contributed by atoms with Gasteiger partial charge in [-0.1, -0.05) is 18.5 Å². The van der Waals surface area contributed by atoms with E-state index in [2.05, 4.69) is 10.3 Å². The number of carbonyl (C=O) groups excluding carboxylic acids is 1. The third-order valence-corrected chi connectivity index (χ3v) is 3.69. The van der Waals surface area contributed by atoms with E-state index < -0.39 is 5.82 Å². The smallest absolute Gasteiger partial charge is 0.222 e. The average molecular weight is 313 g/mol. The molecule has 0 aliphatic carbocycles. The van der Waals surface area contributed by atoms with E-state index in [1.165, 1.54) is 12.1 Å². The van der Waals surface area contributed by atoms with E-state index >= 15 is 0 Å². The van der Waals surface area contributed by atoms with Crippen molar-refractivity contribution in [2.45, 2.75) is 39.3 Å². The standard InChI is InChI=1S/C14H18ClFN4O/c1-3-8(2)18-13(21)4-5-20-12-6-9(15)10(16)7-11(12)19-14(20)17/h6-8H,3-5H2,1-2H3,(H2,17,19)(H,18,21). The zero-order chi connectivity index (χ0) is 15.6. The second-order valence-electron chi connectivity index (χ2n) is 5.00. The minimum absolute atomic E-state index is 0.00714. The maximum Gasteiger partial charge on any atom is 0.222 e. The number of amides is 1. The van der Waals surface area contributed by atoms with Gasteiger partial charge in [-0.15, -0.1) is 0 Å². The summed E-state index contributed by atoms with van der Waals surface area (Å²) in [6.45, 7) is 4.32. The number of aromatic nitrogens is 2. The Bertz CT molecular complexity index is 671. The third-order valence-electron chi connectivity index (χ3n) is 3.40. The number of fused-ring (bicyclic) bond motifs is 1. The monoisotopic (exact) mass is 312 g/mol. The Morgan fingerprint density at radius 2 is 2.29 bits per heavy atom. The summed E-state index contributed by atoms with van der Waals surface area (Å²) in [5.74, 6) is -0.356. The molecule has 21 heavy (non-hydrogen) atoms. The number of rotatable bonds is 5. The van der Waals surface area contributed by atoms with Crippen LogP contribution < -0.4 is 11.1 Å². The highest BCUT2D eigenvalue weighted by Crippen LogP contribution is 2.24. The van der Waals surface area contributed by atoms with Crippen LogP contribution >= 0.6 is 11.6 Å². The summed E-state index contributed by atoms with van der Waals surface area (Å²) in [7, 11) is 0. The minimum atomic E-state index is -0.539. The van der Waals surface area contributed by atoms with Gasteiger partial charge in [0.2, 0.25) is 11.9 Å². The molecule has 0 aliphatic rings. The van der Waals surface area contributed by atoms with Gasteiger partial charge in [-0.3, -0.25) is 4.79 Å². The number of nitrogens with zero attached hydrogens (tertiary/aromatic N) is 2. The molecule has 1 aromatic heterocycles. The molecule has 0 saturated heterocycles. The van der Waals surface area contributed by atoms with Gasteiger partial charge in [-0.25, -0.2) is 9.37 Å². The Balaban J connectivity index is 2.17. The number of nitrogens with one attached hydrogen (secondary N) is 1. The van der Waals surface area contributed by atoms with Crippen LogP contribution in [0.2, 0.25) is 5.02 Å². The van der Waals surface area contributed by atoms with Crippen molar-refractivity contribution in [3.05, 3.63) is 23.0 Å². The van der Waals surface area contributed by atoms with E-state index in [1.807, 2.05) is 13.8 Å². The molecule has 1 aromatic carbocycles. The molecule has 0 fully saturated rings. The van der Waals surface area contributed by atoms with E-state index in [1.54, 1.807) is 4.57 Å². The van der Waals surface area contributed by atoms with E-state index in [-0.39, 0.29) is 29.3 Å². The fraction of sp³-hybridized carbons (Fsp3) is 0.429. The molecule has 1 heterocycles. The molecule has 5 nitrogen and oxygen atoms in total. The Hall–Kier alpha value is -1.82. The number of hydrogen-bond acceptors (Lipinski definition) is 3. The third kappa shape index (κ3) is 3.44. The molecule has 1 amide bonds. The molecule has 0 radical (unpaired) electrons. The van der Waals surface area contributed by atoms with E-state index in [0.717, 1.165) is 6.42 Å². The number of anilines is 1. The van der Waals surface area contributed by atoms with Crippen LogP contribution in [0, 0.1) is 5.82 Å². The summed E-state index contributed by atoms with van der Waals surface area (Å²) in [5, 5.41) is 2.89. The zero-order valence-electron chi connectivity index (χ0n) is 12.0. The first-order chi connectivity index (χ1) is 9.92. The van der Waals surface area contributed by atoms with E-state index in [4.69, 9.17) is 17.3 Å². The van der Waals surface area contributed by atoms with Gasteiger partial charge in [0.25, 0.3) is 0 Å². The number of nitrogen functional groups attached to an aromatic ring is 1. The maximum absolute atomic E-state index is 13.4. The molecule has 114 valence electrons. The van der Waals surface area contributed by atoms with Gasteiger partial charge < -0.3 is 15.6 Å². The summed E-state index contributed by atoms with van der Waals surface area (Å²) in [5.41, 5.74) is 6.87. The highest BCUT2D eigenvalue weighted by Gasteiger charge is 2.13. The SMILES string of the molecule is CCC(C)NC(=O)CCn1c(N)nc2cc(F)c(Cl)cc21. The second kappa shape index (κ2) is 6.30. The predicted molar refractivity (Wildman–Crippen MR) is 81.6 cm³/mol. The molecule has 3 N–H and O–H groups in total. The van der Waals surface area contributed by atoms with E-state index in [0.29, 0.717) is 17.6 Å². The van der Waals surface area contributed by atoms with Gasteiger partial charge in [-0.2, -0.15) is 0 Å². The van der Waals surface area contributed by atoms with Gasteiger partial charge in [0, 0.05) is 25.1 Å². The van der Waals surface area contributed by atoms with Crippen molar-refractivity contribution in [2.75, 3.05) is 5.73 Å². The van der Waals surface area contributed by atoms with Crippen molar-refractivity contribution < 1.29 is 9.18 Å². The first-order valence-corrected chi connectivity index (χ1v) is 7.20. The number of carbonyl (C=O) groups is 1. The summed E-state index contributed by atoms with van der Waals surface area (Å²) < 4.78 is 15.1. The molecule has 0 aliphatic heterocycles. The van der Waals surface area contributed by atoms with Crippen molar-refractivity contribution in [1.82, 2.24) is 14.9 Å². The predicted octanol–water partition coefficient (Wildman–Crippen LogP) is 2.72. The average Bonchev–Trinajstić information content (AvgIpc) is 2.72. The van der Waals surface area contributed by atoms with Gasteiger partial charge in [0.15, 0.2) is 0 Å². The highest BCUT2D eigenvalue weighted by atomic mass is 35.5. The van der Waals surface area contributed by atoms with Crippen LogP contribution in [0.25, 0.3) is 11.0 Å². The molecule has 2 aromatic rings. The highest BCUT2D eigenvalue weighted by molar-refractivity contribution is 6.31. The number of hydrogen-bond donors (Lipinski definition) is 2. The maximum atomic E-state index is 13.4. The first kappa shape index (κ1) is 15.6. The number of nitrogens with two attached hydrogens (primary N) is 1. The van der Waals surface area contributed by atoms with Crippen molar-refractivity contribution in [3.63, 3.8) is 0 Å². The molecule has 1 atom stereocenters. The summed E-state index contributed by atoms with van der Waals surface area (Å²) in [6, 6.07) is 2.85. The Labute approximate surface area is 127 Å². The Morgan fingerprint density at radius 3 is 2.95 bits per heavy atom. The van der Waals surface area contributed by atoms with Crippen molar-refractivity contribution in [1.29, 1.82) is 0 Å². The number of aryl methyl sites for hydroxylation is 1. The van der Waals surface area contributed by atoms with Crippen molar-refractivity contribution >= 4 is 34.5 Å². The normalized spacial score (nSPS) is 12.6. The lowest BCUT2D eigenvalue weighted by Gasteiger charge is -2.12. The molecule has 1 unspecified atom stereocenters. The molecule has 0 bridgehead atoms. The largest absolute Gasteiger partial charge is 0.369 e. The van der Waals surface area contributed by atoms with Crippen LogP contribution in [-0.4, -0.2) is 21.5 Å². The lowest BCUT2D eigenvalue weighted by atomic mass is 10.2. The first-order valence-electron chi connectivity index (χ1n) is 6.82. The second-order valence-corrected chi connectivity index (χ2v) is 5.41. The lowest BCUT2D eigenvalue weighted by Crippen LogP contribution is -2.32. The Morgan fingerprint density at radius 1 is 1.57 bits per heavy atom.